The second kappa shape index (κ2) is 4.79. The summed E-state index contributed by atoms with van der Waals surface area (Å²) in [6.45, 7) is 0.504. The van der Waals surface area contributed by atoms with Crippen LogP contribution in [0.4, 0.5) is 0 Å². The van der Waals surface area contributed by atoms with Gasteiger partial charge in [0.05, 0.1) is 4.90 Å². The highest BCUT2D eigenvalue weighted by Gasteiger charge is 2.12. The van der Waals surface area contributed by atoms with Crippen molar-refractivity contribution in [1.82, 2.24) is 0 Å². The third-order valence-electron chi connectivity index (χ3n) is 1.53. The van der Waals surface area contributed by atoms with Crippen LogP contribution in [0.5, 0.6) is 0 Å². The Morgan fingerprint density at radius 2 is 1.93 bits per heavy atom. The molecule has 4 nitrogen and oxygen atoms in total. The van der Waals surface area contributed by atoms with Gasteiger partial charge in [-0.25, -0.2) is 13.6 Å². The van der Waals surface area contributed by atoms with Crippen LogP contribution in [0.25, 0.3) is 0 Å². The van der Waals surface area contributed by atoms with Gasteiger partial charge < -0.3 is 5.73 Å². The quantitative estimate of drug-likeness (QED) is 0.735. The van der Waals surface area contributed by atoms with Crippen molar-refractivity contribution < 1.29 is 8.42 Å². The maximum Gasteiger partial charge on any atom is 0.239 e. The third kappa shape index (κ3) is 2.98. The van der Waals surface area contributed by atoms with Crippen molar-refractivity contribution in [3.63, 3.8) is 0 Å². The van der Waals surface area contributed by atoms with Crippen LogP contribution >= 0.6 is 11.8 Å². The average molecular weight is 232 g/mol. The predicted molar refractivity (Wildman–Crippen MR) is 57.6 cm³/mol. The summed E-state index contributed by atoms with van der Waals surface area (Å²) in [7, 11) is -3.63. The van der Waals surface area contributed by atoms with Crippen molar-refractivity contribution in [2.45, 2.75) is 9.79 Å². The first kappa shape index (κ1) is 11.5. The minimum atomic E-state index is -3.63. The molecule has 0 aliphatic rings. The predicted octanol–water partition coefficient (Wildman–Crippen LogP) is 0.385. The summed E-state index contributed by atoms with van der Waals surface area (Å²) in [5.74, 6) is 0.673. The summed E-state index contributed by atoms with van der Waals surface area (Å²) >= 11 is 1.39. The number of primary sulfonamides is 1. The number of sulfonamides is 1. The topological polar surface area (TPSA) is 86.2 Å². The highest BCUT2D eigenvalue weighted by atomic mass is 32.2. The van der Waals surface area contributed by atoms with Crippen molar-refractivity contribution in [3.05, 3.63) is 24.3 Å². The summed E-state index contributed by atoms with van der Waals surface area (Å²) in [6, 6.07) is 6.63. The van der Waals surface area contributed by atoms with E-state index in [1.165, 1.54) is 17.8 Å². The van der Waals surface area contributed by atoms with Crippen LogP contribution in [0.1, 0.15) is 0 Å². The zero-order chi connectivity index (χ0) is 10.6. The van der Waals surface area contributed by atoms with Crippen molar-refractivity contribution in [1.29, 1.82) is 0 Å². The number of rotatable bonds is 4. The highest BCUT2D eigenvalue weighted by Crippen LogP contribution is 2.24. The Bertz CT molecular complexity index is 404. The molecule has 1 aromatic rings. The van der Waals surface area contributed by atoms with E-state index in [2.05, 4.69) is 0 Å². The van der Waals surface area contributed by atoms with E-state index in [0.717, 1.165) is 0 Å². The normalized spacial score (nSPS) is 11.6. The molecule has 0 saturated heterocycles. The highest BCUT2D eigenvalue weighted by molar-refractivity contribution is 8.00. The molecule has 1 aromatic carbocycles. The molecule has 0 saturated carbocycles. The number of hydrogen-bond acceptors (Lipinski definition) is 4. The van der Waals surface area contributed by atoms with Crippen molar-refractivity contribution in [2.24, 2.45) is 10.9 Å². The minimum Gasteiger partial charge on any atom is -0.330 e. The molecule has 0 spiro atoms. The fraction of sp³-hybridized carbons (Fsp3) is 0.250. The lowest BCUT2D eigenvalue weighted by atomic mass is 10.4. The maximum atomic E-state index is 11.2. The zero-order valence-corrected chi connectivity index (χ0v) is 9.14. The lowest BCUT2D eigenvalue weighted by Gasteiger charge is -2.05. The number of thioether (sulfide) groups is 1. The van der Waals surface area contributed by atoms with Gasteiger partial charge in [0.15, 0.2) is 0 Å². The standard InChI is InChI=1S/C8H12N2O2S2/c9-5-6-13-7-3-1-2-4-8(7)14(10,11)12/h1-4H,5-6,9H2,(H2,10,11,12). The van der Waals surface area contributed by atoms with Crippen molar-refractivity contribution in [2.75, 3.05) is 12.3 Å². The van der Waals surface area contributed by atoms with E-state index in [1.54, 1.807) is 18.2 Å². The molecule has 0 aliphatic heterocycles. The van der Waals surface area contributed by atoms with Gasteiger partial charge in [-0.2, -0.15) is 0 Å². The summed E-state index contributed by atoms with van der Waals surface area (Å²) in [5, 5.41) is 5.06. The van der Waals surface area contributed by atoms with Gasteiger partial charge in [0, 0.05) is 17.2 Å². The molecule has 0 bridgehead atoms. The summed E-state index contributed by atoms with van der Waals surface area (Å²) in [6.07, 6.45) is 0. The van der Waals surface area contributed by atoms with E-state index in [0.29, 0.717) is 17.2 Å². The first-order valence-corrected chi connectivity index (χ1v) is 6.53. The van der Waals surface area contributed by atoms with Gasteiger partial charge in [-0.1, -0.05) is 12.1 Å². The molecule has 0 radical (unpaired) electrons. The Labute approximate surface area is 87.7 Å². The first-order valence-electron chi connectivity index (χ1n) is 4.00. The van der Waals surface area contributed by atoms with Crippen LogP contribution in [-0.2, 0) is 10.0 Å². The van der Waals surface area contributed by atoms with E-state index in [4.69, 9.17) is 10.9 Å². The van der Waals surface area contributed by atoms with Gasteiger partial charge in [0.25, 0.3) is 0 Å². The molecule has 0 heterocycles. The first-order chi connectivity index (χ1) is 6.55. The third-order valence-corrected chi connectivity index (χ3v) is 3.74. The summed E-state index contributed by atoms with van der Waals surface area (Å²) in [4.78, 5) is 0.818. The second-order valence-corrected chi connectivity index (χ2v) is 5.30. The Morgan fingerprint density at radius 1 is 1.29 bits per heavy atom. The lowest BCUT2D eigenvalue weighted by Crippen LogP contribution is -2.13. The molecule has 0 amide bonds. The number of hydrogen-bond donors (Lipinski definition) is 2. The van der Waals surface area contributed by atoms with E-state index >= 15 is 0 Å². The molecule has 0 aliphatic carbocycles. The van der Waals surface area contributed by atoms with Gasteiger partial charge in [0.2, 0.25) is 10.0 Å². The minimum absolute atomic E-state index is 0.165. The molecular formula is C8H12N2O2S2. The van der Waals surface area contributed by atoms with Crippen LogP contribution in [0.15, 0.2) is 34.1 Å². The van der Waals surface area contributed by atoms with E-state index < -0.39 is 10.0 Å². The lowest BCUT2D eigenvalue weighted by molar-refractivity contribution is 0.596. The van der Waals surface area contributed by atoms with E-state index in [9.17, 15) is 8.42 Å². The van der Waals surface area contributed by atoms with Gasteiger partial charge >= 0.3 is 0 Å². The maximum absolute atomic E-state index is 11.2. The fourth-order valence-corrected chi connectivity index (χ4v) is 2.84. The molecule has 78 valence electrons. The number of benzene rings is 1. The smallest absolute Gasteiger partial charge is 0.239 e. The van der Waals surface area contributed by atoms with Crippen molar-refractivity contribution in [3.8, 4) is 0 Å². The molecule has 4 N–H and O–H groups in total. The fourth-order valence-electron chi connectivity index (χ4n) is 0.973. The zero-order valence-electron chi connectivity index (χ0n) is 7.51. The van der Waals surface area contributed by atoms with Crippen LogP contribution in [0.3, 0.4) is 0 Å². The Morgan fingerprint density at radius 3 is 2.50 bits per heavy atom. The molecule has 1 rings (SSSR count). The molecule has 0 atom stereocenters. The molecule has 0 aromatic heterocycles. The average Bonchev–Trinajstić information content (AvgIpc) is 2.14. The van der Waals surface area contributed by atoms with Gasteiger partial charge in [-0.05, 0) is 12.1 Å². The van der Waals surface area contributed by atoms with Crippen LogP contribution in [-0.4, -0.2) is 20.7 Å². The van der Waals surface area contributed by atoms with E-state index in [1.807, 2.05) is 0 Å². The molecule has 0 unspecified atom stereocenters. The second-order valence-electron chi connectivity index (χ2n) is 2.63. The van der Waals surface area contributed by atoms with Gasteiger partial charge in [0.1, 0.15) is 0 Å². The largest absolute Gasteiger partial charge is 0.330 e. The Balaban J connectivity index is 3.04. The molecule has 6 heteroatoms. The number of nitrogens with two attached hydrogens (primary N) is 2. The summed E-state index contributed by atoms with van der Waals surface area (Å²) < 4.78 is 22.3. The van der Waals surface area contributed by atoms with Gasteiger partial charge in [-0.15, -0.1) is 11.8 Å². The SMILES string of the molecule is NCCSc1ccccc1S(N)(=O)=O. The van der Waals surface area contributed by atoms with Crippen molar-refractivity contribution >= 4 is 21.8 Å². The van der Waals surface area contributed by atoms with Crippen LogP contribution in [0, 0.1) is 0 Å². The summed E-state index contributed by atoms with van der Waals surface area (Å²) in [5.41, 5.74) is 5.33. The molecule has 14 heavy (non-hydrogen) atoms. The molecular weight excluding hydrogens is 220 g/mol. The van der Waals surface area contributed by atoms with Crippen LogP contribution < -0.4 is 10.9 Å². The Hall–Kier alpha value is -0.560. The van der Waals surface area contributed by atoms with E-state index in [-0.39, 0.29) is 4.90 Å². The van der Waals surface area contributed by atoms with Gasteiger partial charge in [-0.3, -0.25) is 0 Å². The monoisotopic (exact) mass is 232 g/mol. The van der Waals surface area contributed by atoms with Crippen LogP contribution in [0.2, 0.25) is 0 Å². The Kier molecular flexibility index (Phi) is 3.94. The molecule has 0 fully saturated rings.